The molecule has 0 aromatic carbocycles. The van der Waals surface area contributed by atoms with E-state index >= 15 is 0 Å². The van der Waals surface area contributed by atoms with Gasteiger partial charge in [0, 0.05) is 6.61 Å². The first-order chi connectivity index (χ1) is 5.58. The SMILES string of the molecule is NS(=O)(=O)CCCOC1CCC1. The van der Waals surface area contributed by atoms with Gasteiger partial charge in [-0.05, 0) is 25.7 Å². The van der Waals surface area contributed by atoms with Crippen molar-refractivity contribution in [2.75, 3.05) is 12.4 Å². The number of nitrogens with two attached hydrogens (primary N) is 1. The van der Waals surface area contributed by atoms with E-state index in [0.717, 1.165) is 12.8 Å². The van der Waals surface area contributed by atoms with E-state index in [4.69, 9.17) is 9.88 Å². The molecule has 72 valence electrons. The van der Waals surface area contributed by atoms with Gasteiger partial charge in [-0.2, -0.15) is 0 Å². The van der Waals surface area contributed by atoms with Gasteiger partial charge in [0.05, 0.1) is 11.9 Å². The Morgan fingerprint density at radius 2 is 2.08 bits per heavy atom. The highest BCUT2D eigenvalue weighted by Crippen LogP contribution is 2.21. The number of ether oxygens (including phenoxy) is 1. The third-order valence-corrected chi connectivity index (χ3v) is 2.84. The molecular weight excluding hydrogens is 178 g/mol. The minimum Gasteiger partial charge on any atom is -0.378 e. The van der Waals surface area contributed by atoms with Crippen molar-refractivity contribution in [2.24, 2.45) is 5.14 Å². The molecule has 0 aromatic heterocycles. The summed E-state index contributed by atoms with van der Waals surface area (Å²) in [6, 6.07) is 0. The van der Waals surface area contributed by atoms with Crippen LogP contribution in [0.5, 0.6) is 0 Å². The first-order valence-electron chi connectivity index (χ1n) is 4.20. The van der Waals surface area contributed by atoms with Crippen LogP contribution in [0.2, 0.25) is 0 Å². The van der Waals surface area contributed by atoms with E-state index in [9.17, 15) is 8.42 Å². The fourth-order valence-corrected chi connectivity index (χ4v) is 1.57. The Labute approximate surface area is 73.1 Å². The summed E-state index contributed by atoms with van der Waals surface area (Å²) in [5.74, 6) is 0.0275. The van der Waals surface area contributed by atoms with Crippen molar-refractivity contribution in [3.63, 3.8) is 0 Å². The molecule has 0 bridgehead atoms. The van der Waals surface area contributed by atoms with Crippen molar-refractivity contribution < 1.29 is 13.2 Å². The first kappa shape index (κ1) is 9.95. The standard InChI is InChI=1S/C7H15NO3S/c8-12(9,10)6-2-5-11-7-3-1-4-7/h7H,1-6H2,(H2,8,9,10). The predicted octanol–water partition coefficient (Wildman–Crippen LogP) is 0.234. The van der Waals surface area contributed by atoms with Gasteiger partial charge in [0.15, 0.2) is 0 Å². The minimum atomic E-state index is -3.29. The van der Waals surface area contributed by atoms with E-state index in [0.29, 0.717) is 19.1 Å². The molecule has 12 heavy (non-hydrogen) atoms. The van der Waals surface area contributed by atoms with Crippen molar-refractivity contribution in [3.8, 4) is 0 Å². The van der Waals surface area contributed by atoms with Crippen LogP contribution < -0.4 is 5.14 Å². The quantitative estimate of drug-likeness (QED) is 0.636. The molecule has 1 aliphatic rings. The van der Waals surface area contributed by atoms with E-state index in [1.54, 1.807) is 0 Å². The lowest BCUT2D eigenvalue weighted by atomic mass is 9.96. The average Bonchev–Trinajstić information content (AvgIpc) is 1.80. The summed E-state index contributed by atoms with van der Waals surface area (Å²) < 4.78 is 26.3. The van der Waals surface area contributed by atoms with E-state index < -0.39 is 10.0 Å². The normalized spacial score (nSPS) is 19.1. The van der Waals surface area contributed by atoms with Gasteiger partial charge < -0.3 is 4.74 Å². The Morgan fingerprint density at radius 1 is 1.42 bits per heavy atom. The molecule has 5 heteroatoms. The predicted molar refractivity (Wildman–Crippen MR) is 46.2 cm³/mol. The molecule has 0 aliphatic heterocycles. The lowest BCUT2D eigenvalue weighted by Crippen LogP contribution is -2.23. The van der Waals surface area contributed by atoms with E-state index in [1.165, 1.54) is 6.42 Å². The molecule has 0 heterocycles. The topological polar surface area (TPSA) is 69.4 Å². The number of primary sulfonamides is 1. The van der Waals surface area contributed by atoms with Crippen LogP contribution in [0.1, 0.15) is 25.7 Å². The minimum absolute atomic E-state index is 0.0275. The fourth-order valence-electron chi connectivity index (χ4n) is 1.05. The maximum Gasteiger partial charge on any atom is 0.209 e. The van der Waals surface area contributed by atoms with Crippen LogP contribution in [0.4, 0.5) is 0 Å². The molecule has 1 aliphatic carbocycles. The van der Waals surface area contributed by atoms with Gasteiger partial charge in [-0.3, -0.25) is 0 Å². The lowest BCUT2D eigenvalue weighted by molar-refractivity contribution is 0.00309. The van der Waals surface area contributed by atoms with Crippen LogP contribution >= 0.6 is 0 Å². The molecule has 1 saturated carbocycles. The molecule has 0 aromatic rings. The fraction of sp³-hybridized carbons (Fsp3) is 1.00. The van der Waals surface area contributed by atoms with Gasteiger partial charge in [-0.15, -0.1) is 0 Å². The Bertz CT molecular complexity index is 221. The molecule has 0 unspecified atom stereocenters. The van der Waals surface area contributed by atoms with Crippen LogP contribution in [0, 0.1) is 0 Å². The molecule has 0 spiro atoms. The van der Waals surface area contributed by atoms with E-state index in [2.05, 4.69) is 0 Å². The van der Waals surface area contributed by atoms with Crippen molar-refractivity contribution in [2.45, 2.75) is 31.8 Å². The molecule has 0 amide bonds. The van der Waals surface area contributed by atoms with Crippen LogP contribution in [0.15, 0.2) is 0 Å². The maximum absolute atomic E-state index is 10.5. The van der Waals surface area contributed by atoms with Crippen molar-refractivity contribution in [1.82, 2.24) is 0 Å². The molecule has 0 atom stereocenters. The maximum atomic E-state index is 10.5. The largest absolute Gasteiger partial charge is 0.378 e. The summed E-state index contributed by atoms with van der Waals surface area (Å²) in [4.78, 5) is 0. The molecule has 0 radical (unpaired) electrons. The van der Waals surface area contributed by atoms with Crippen LogP contribution in [0.3, 0.4) is 0 Å². The number of hydrogen-bond acceptors (Lipinski definition) is 3. The number of hydrogen-bond donors (Lipinski definition) is 1. The summed E-state index contributed by atoms with van der Waals surface area (Å²) in [6.45, 7) is 0.515. The van der Waals surface area contributed by atoms with E-state index in [-0.39, 0.29) is 5.75 Å². The van der Waals surface area contributed by atoms with Gasteiger partial charge in [-0.1, -0.05) is 0 Å². The Morgan fingerprint density at radius 3 is 2.50 bits per heavy atom. The average molecular weight is 193 g/mol. The third kappa shape index (κ3) is 4.04. The van der Waals surface area contributed by atoms with Gasteiger partial charge in [-0.25, -0.2) is 13.6 Å². The number of rotatable bonds is 5. The highest BCUT2D eigenvalue weighted by Gasteiger charge is 2.17. The highest BCUT2D eigenvalue weighted by molar-refractivity contribution is 7.89. The zero-order chi connectivity index (χ0) is 9.03. The second-order valence-corrected chi connectivity index (χ2v) is 4.88. The third-order valence-electron chi connectivity index (χ3n) is 1.98. The zero-order valence-electron chi connectivity index (χ0n) is 7.03. The molecule has 2 N–H and O–H groups in total. The lowest BCUT2D eigenvalue weighted by Gasteiger charge is -2.25. The summed E-state index contributed by atoms with van der Waals surface area (Å²) >= 11 is 0. The van der Waals surface area contributed by atoms with Crippen LogP contribution in [-0.4, -0.2) is 26.9 Å². The highest BCUT2D eigenvalue weighted by atomic mass is 32.2. The van der Waals surface area contributed by atoms with Crippen molar-refractivity contribution >= 4 is 10.0 Å². The molecule has 0 saturated heterocycles. The Hall–Kier alpha value is -0.130. The summed E-state index contributed by atoms with van der Waals surface area (Å²) in [5, 5.41) is 4.82. The van der Waals surface area contributed by atoms with Crippen molar-refractivity contribution in [1.29, 1.82) is 0 Å². The van der Waals surface area contributed by atoms with Gasteiger partial charge in [0.2, 0.25) is 10.0 Å². The first-order valence-corrected chi connectivity index (χ1v) is 5.91. The summed E-state index contributed by atoms with van der Waals surface area (Å²) in [6.07, 6.45) is 4.37. The Balaban J connectivity index is 1.95. The van der Waals surface area contributed by atoms with Crippen LogP contribution in [-0.2, 0) is 14.8 Å². The zero-order valence-corrected chi connectivity index (χ0v) is 7.85. The monoisotopic (exact) mass is 193 g/mol. The van der Waals surface area contributed by atoms with Crippen molar-refractivity contribution in [3.05, 3.63) is 0 Å². The van der Waals surface area contributed by atoms with Gasteiger partial charge in [0.25, 0.3) is 0 Å². The number of sulfonamides is 1. The second-order valence-electron chi connectivity index (χ2n) is 3.14. The smallest absolute Gasteiger partial charge is 0.209 e. The summed E-state index contributed by atoms with van der Waals surface area (Å²) in [5.41, 5.74) is 0. The second kappa shape index (κ2) is 4.20. The van der Waals surface area contributed by atoms with Gasteiger partial charge >= 0.3 is 0 Å². The molecule has 1 rings (SSSR count). The molecule has 1 fully saturated rings. The molecular formula is C7H15NO3S. The Kier molecular flexibility index (Phi) is 3.49. The van der Waals surface area contributed by atoms with Gasteiger partial charge in [0.1, 0.15) is 0 Å². The van der Waals surface area contributed by atoms with E-state index in [1.807, 2.05) is 0 Å². The van der Waals surface area contributed by atoms with Crippen LogP contribution in [0.25, 0.3) is 0 Å². The summed E-state index contributed by atoms with van der Waals surface area (Å²) in [7, 11) is -3.29. The molecule has 4 nitrogen and oxygen atoms in total.